The van der Waals surface area contributed by atoms with Crippen LogP contribution in [0.2, 0.25) is 0 Å². The molecule has 306 valence electrons. The number of nitrogens with zero attached hydrogens (tertiary/aromatic N) is 9. The molecule has 0 saturated carbocycles. The second-order valence-corrected chi connectivity index (χ2v) is 16.6. The van der Waals surface area contributed by atoms with Gasteiger partial charge in [-0.3, -0.25) is 24.1 Å². The fourth-order valence-electron chi connectivity index (χ4n) is 6.34. The number of alkyl carbamates (subject to hydrolysis) is 1. The predicted octanol–water partition coefficient (Wildman–Crippen LogP) is 3.17. The molecule has 4 N–H and O–H groups in total. The predicted molar refractivity (Wildman–Crippen MR) is 220 cm³/mol. The number of hydrogen-bond acceptors (Lipinski definition) is 13. The van der Waals surface area contributed by atoms with Crippen LogP contribution >= 0.6 is 11.3 Å². The van der Waals surface area contributed by atoms with Gasteiger partial charge in [-0.1, -0.05) is 32.9 Å². The summed E-state index contributed by atoms with van der Waals surface area (Å²) in [6, 6.07) is 10.6. The molecule has 3 amide bonds. The Bertz CT molecular complexity index is 2360. The third kappa shape index (κ3) is 10.6. The zero-order valence-corrected chi connectivity index (χ0v) is 34.3. The van der Waals surface area contributed by atoms with Crippen molar-refractivity contribution in [3.63, 3.8) is 0 Å². The summed E-state index contributed by atoms with van der Waals surface area (Å²) < 4.78 is 12.7. The van der Waals surface area contributed by atoms with Crippen LogP contribution in [0.4, 0.5) is 15.7 Å². The number of hydrogen-bond donors (Lipinski definition) is 3. The number of piperidine rings is 1. The van der Waals surface area contributed by atoms with Gasteiger partial charge < -0.3 is 29.9 Å². The molecule has 1 saturated heterocycles. The number of primary amides is 1. The van der Waals surface area contributed by atoms with Gasteiger partial charge in [0, 0.05) is 29.1 Å². The van der Waals surface area contributed by atoms with Crippen LogP contribution in [0.5, 0.6) is 5.75 Å². The van der Waals surface area contributed by atoms with Crippen molar-refractivity contribution in [3.05, 3.63) is 86.5 Å². The summed E-state index contributed by atoms with van der Waals surface area (Å²) >= 11 is 1.34. The first-order valence-electron chi connectivity index (χ1n) is 18.8. The highest BCUT2D eigenvalue weighted by molar-refractivity contribution is 7.14. The SMILES string of the molecule is COc1ccc(Cn2nnc(C=Cc3c(N4CCC[C@@H](OC(=O)NCC[N+](C)(C)CC(N)=O)C4)nc4cc(C(=O)Nc5nc(C(C)(C)C)cs5)ccn4c3=O)n2)cc1. The lowest BCUT2D eigenvalue weighted by molar-refractivity contribution is -0.881. The van der Waals surface area contributed by atoms with Crippen molar-refractivity contribution in [2.24, 2.45) is 5.73 Å². The Morgan fingerprint density at radius 1 is 1.10 bits per heavy atom. The van der Waals surface area contributed by atoms with E-state index >= 15 is 0 Å². The van der Waals surface area contributed by atoms with Crippen LogP contribution in [-0.4, -0.2) is 117 Å². The number of methoxy groups -OCH3 is 1. The number of rotatable bonds is 14. The third-order valence-electron chi connectivity index (χ3n) is 9.47. The average molecular weight is 814 g/mol. The van der Waals surface area contributed by atoms with Crippen molar-refractivity contribution >= 4 is 58.0 Å². The molecule has 1 aliphatic rings. The first kappa shape index (κ1) is 41.4. The molecule has 1 aliphatic heterocycles. The van der Waals surface area contributed by atoms with E-state index in [1.54, 1.807) is 31.4 Å². The standard InChI is InChI=1S/C39H48N12O6S/c1-39(2,3)30-24-58-37(42-30)44-35(53)26-15-18-49-33(20-26)43-34(48-17-7-8-28(22-48)57-38(55)41-16-19-51(4,5)23-31(40)52)29(36(49)54)13-14-32-45-47-50(46-32)21-25-9-11-27(56-6)12-10-25/h9-15,18,20,24,28H,7-8,16-17,19,21-23H2,1-6H3,(H3-,40,41,42,44,52,53,55)/p+1/t28-/m1/s1. The molecular weight excluding hydrogens is 765 g/mol. The normalized spacial score (nSPS) is 14.8. The maximum atomic E-state index is 14.2. The Hall–Kier alpha value is -6.21. The summed E-state index contributed by atoms with van der Waals surface area (Å²) in [5.74, 6) is 0.542. The number of nitrogens with two attached hydrogens (primary N) is 1. The van der Waals surface area contributed by atoms with Crippen molar-refractivity contribution in [2.75, 3.05) is 64.1 Å². The maximum absolute atomic E-state index is 14.2. The number of likely N-dealkylation sites (N-methyl/N-ethyl adjacent to an activating group) is 1. The Morgan fingerprint density at radius 2 is 1.88 bits per heavy atom. The first-order chi connectivity index (χ1) is 27.6. The molecule has 0 radical (unpaired) electrons. The van der Waals surface area contributed by atoms with Gasteiger partial charge in [-0.25, -0.2) is 14.8 Å². The van der Waals surface area contributed by atoms with Crippen molar-refractivity contribution in [1.82, 2.24) is 39.9 Å². The van der Waals surface area contributed by atoms with Gasteiger partial charge in [0.2, 0.25) is 0 Å². The van der Waals surface area contributed by atoms with Gasteiger partial charge in [0.05, 0.1) is 58.6 Å². The lowest BCUT2D eigenvalue weighted by Gasteiger charge is -2.34. The van der Waals surface area contributed by atoms with Crippen LogP contribution in [0.25, 0.3) is 17.8 Å². The molecule has 0 aliphatic carbocycles. The minimum Gasteiger partial charge on any atom is -0.497 e. The van der Waals surface area contributed by atoms with Crippen molar-refractivity contribution in [3.8, 4) is 5.75 Å². The summed E-state index contributed by atoms with van der Waals surface area (Å²) in [4.78, 5) is 64.7. The second kappa shape index (κ2) is 17.5. The molecule has 6 rings (SSSR count). The number of carbonyl (C=O) groups is 3. The number of ether oxygens (including phenoxy) is 2. The molecule has 0 bridgehead atoms. The number of amides is 3. The van der Waals surface area contributed by atoms with E-state index in [-0.39, 0.29) is 47.6 Å². The molecule has 5 heterocycles. The molecule has 1 aromatic carbocycles. The number of thiazole rings is 1. The fraction of sp³-hybridized carbons (Fsp3) is 0.410. The minimum absolute atomic E-state index is 0.137. The van der Waals surface area contributed by atoms with Crippen LogP contribution in [-0.2, 0) is 21.5 Å². The zero-order valence-electron chi connectivity index (χ0n) is 33.5. The number of quaternary nitrogens is 1. The van der Waals surface area contributed by atoms with E-state index in [0.717, 1.165) is 17.0 Å². The van der Waals surface area contributed by atoms with Crippen molar-refractivity contribution < 1.29 is 28.3 Å². The van der Waals surface area contributed by atoms with Gasteiger partial charge in [-0.15, -0.1) is 21.5 Å². The van der Waals surface area contributed by atoms with Gasteiger partial charge in [0.25, 0.3) is 17.4 Å². The minimum atomic E-state index is -0.591. The maximum Gasteiger partial charge on any atom is 0.407 e. The molecule has 19 heteroatoms. The highest BCUT2D eigenvalue weighted by Gasteiger charge is 2.28. The van der Waals surface area contributed by atoms with Gasteiger partial charge >= 0.3 is 6.09 Å². The smallest absolute Gasteiger partial charge is 0.407 e. The first-order valence-corrected chi connectivity index (χ1v) is 19.7. The van der Waals surface area contributed by atoms with Gasteiger partial charge in [0.15, 0.2) is 17.5 Å². The monoisotopic (exact) mass is 813 g/mol. The molecular formula is C39H49N12O6S+. The number of tetrazole rings is 1. The topological polar surface area (TPSA) is 214 Å². The quantitative estimate of drug-likeness (QED) is 0.138. The number of fused-ring (bicyclic) bond motifs is 1. The third-order valence-corrected chi connectivity index (χ3v) is 10.2. The lowest BCUT2D eigenvalue weighted by Crippen LogP contribution is -2.50. The Morgan fingerprint density at radius 3 is 2.59 bits per heavy atom. The number of aromatic nitrogens is 7. The van der Waals surface area contributed by atoms with E-state index in [2.05, 4.69) is 31.0 Å². The molecule has 58 heavy (non-hydrogen) atoms. The van der Waals surface area contributed by atoms with E-state index in [9.17, 15) is 19.2 Å². The van der Waals surface area contributed by atoms with Crippen molar-refractivity contribution in [1.29, 1.82) is 0 Å². The zero-order chi connectivity index (χ0) is 41.6. The summed E-state index contributed by atoms with van der Waals surface area (Å²) in [5.41, 5.74) is 7.40. The number of carbonyl (C=O) groups excluding carboxylic acids is 3. The number of anilines is 2. The molecule has 0 unspecified atom stereocenters. The van der Waals surface area contributed by atoms with E-state index in [1.807, 2.05) is 69.4 Å². The molecule has 18 nitrogen and oxygen atoms in total. The van der Waals surface area contributed by atoms with Crippen LogP contribution in [0.1, 0.15) is 66.6 Å². The molecule has 5 aromatic rings. The van der Waals surface area contributed by atoms with Crippen LogP contribution in [0, 0.1) is 0 Å². The Balaban J connectivity index is 1.25. The van der Waals surface area contributed by atoms with Crippen LogP contribution < -0.4 is 31.6 Å². The van der Waals surface area contributed by atoms with E-state index in [0.29, 0.717) is 53.5 Å². The van der Waals surface area contributed by atoms with Gasteiger partial charge in [-0.05, 0) is 60.0 Å². The number of nitrogens with one attached hydrogen (secondary N) is 2. The Labute approximate surface area is 339 Å². The Kier molecular flexibility index (Phi) is 12.5. The number of benzene rings is 1. The van der Waals surface area contributed by atoms with Gasteiger partial charge in [-0.2, -0.15) is 4.80 Å². The summed E-state index contributed by atoms with van der Waals surface area (Å²) in [7, 11) is 5.30. The van der Waals surface area contributed by atoms with Crippen LogP contribution in [0.3, 0.4) is 0 Å². The summed E-state index contributed by atoms with van der Waals surface area (Å²) in [5, 5.41) is 20.8. The second-order valence-electron chi connectivity index (χ2n) is 15.7. The van der Waals surface area contributed by atoms with Crippen molar-refractivity contribution in [2.45, 2.75) is 51.7 Å². The fourth-order valence-corrected chi connectivity index (χ4v) is 7.27. The van der Waals surface area contributed by atoms with Crippen LogP contribution in [0.15, 0.2) is 52.8 Å². The van der Waals surface area contributed by atoms with E-state index in [1.165, 1.54) is 26.7 Å². The lowest BCUT2D eigenvalue weighted by atomic mass is 9.93. The highest BCUT2D eigenvalue weighted by Crippen LogP contribution is 2.27. The van der Waals surface area contributed by atoms with Gasteiger partial charge in [0.1, 0.15) is 23.3 Å². The van der Waals surface area contributed by atoms with E-state index in [4.69, 9.17) is 20.2 Å². The molecule has 4 aromatic heterocycles. The summed E-state index contributed by atoms with van der Waals surface area (Å²) in [6.45, 7) is 8.20. The van der Waals surface area contributed by atoms with E-state index < -0.39 is 24.0 Å². The summed E-state index contributed by atoms with van der Waals surface area (Å²) in [6.07, 6.45) is 4.87. The molecule has 0 spiro atoms. The number of pyridine rings is 1. The molecule has 1 fully saturated rings. The largest absolute Gasteiger partial charge is 0.497 e. The molecule has 1 atom stereocenters. The highest BCUT2D eigenvalue weighted by atomic mass is 32.1. The average Bonchev–Trinajstić information content (AvgIpc) is 3.84.